The summed E-state index contributed by atoms with van der Waals surface area (Å²) in [5.41, 5.74) is 0. The highest BCUT2D eigenvalue weighted by atomic mass is 16.5. The van der Waals surface area contributed by atoms with Crippen molar-refractivity contribution in [1.29, 1.82) is 0 Å². The summed E-state index contributed by atoms with van der Waals surface area (Å²) in [4.78, 5) is 24.5. The first-order chi connectivity index (χ1) is 38.0. The maximum absolute atomic E-state index is 12.5. The van der Waals surface area contributed by atoms with Gasteiger partial charge in [0.15, 0.2) is 0 Å². The molecule has 0 aliphatic carbocycles. The van der Waals surface area contributed by atoms with E-state index in [1.165, 1.54) is 327 Å². The fourth-order valence-corrected chi connectivity index (χ4v) is 11.1. The van der Waals surface area contributed by atoms with Gasteiger partial charge in [-0.3, -0.25) is 9.59 Å². The van der Waals surface area contributed by atoms with Crippen LogP contribution in [0, 0.1) is 0 Å². The van der Waals surface area contributed by atoms with Gasteiger partial charge >= 0.3 is 5.97 Å². The number of allylic oxidation sites excluding steroid dienone is 3. The minimum atomic E-state index is -0.842. The van der Waals surface area contributed by atoms with Crippen molar-refractivity contribution in [2.45, 2.75) is 405 Å². The standard InChI is InChI=1S/C71H137NO5/c1-3-5-7-9-11-13-15-16-17-37-40-44-47-51-55-59-63-69(74)68(67-73)72-70(75)64-60-56-52-48-45-41-38-35-33-31-29-27-25-23-21-19-18-20-22-24-26-28-30-32-34-36-39-42-46-50-54-58-62-66-77-71(76)65-61-57-53-49-43-14-12-10-8-6-4-2/h22,24,59,63,68-69,73-74H,3-21,23,25-58,60-62,64-67H2,1-2H3,(H,72,75)/b24-22-,63-59+. The van der Waals surface area contributed by atoms with E-state index in [2.05, 4.69) is 31.3 Å². The van der Waals surface area contributed by atoms with Crippen LogP contribution in [-0.2, 0) is 14.3 Å². The van der Waals surface area contributed by atoms with E-state index in [0.717, 1.165) is 38.5 Å². The highest BCUT2D eigenvalue weighted by molar-refractivity contribution is 5.76. The lowest BCUT2D eigenvalue weighted by atomic mass is 10.0. The minimum absolute atomic E-state index is 0.0186. The molecule has 6 nitrogen and oxygen atoms in total. The maximum atomic E-state index is 12.5. The monoisotopic (exact) mass is 1080 g/mol. The number of unbranched alkanes of at least 4 members (excludes halogenated alkanes) is 53. The predicted octanol–water partition coefficient (Wildman–Crippen LogP) is 22.5. The van der Waals surface area contributed by atoms with Gasteiger partial charge in [0.05, 0.1) is 25.4 Å². The molecule has 77 heavy (non-hydrogen) atoms. The first-order valence-electron chi connectivity index (χ1n) is 35.1. The summed E-state index contributed by atoms with van der Waals surface area (Å²) in [6, 6.07) is -0.625. The van der Waals surface area contributed by atoms with Crippen LogP contribution in [0.3, 0.4) is 0 Å². The van der Waals surface area contributed by atoms with Gasteiger partial charge in [-0.25, -0.2) is 0 Å². The number of nitrogens with one attached hydrogen (secondary N) is 1. The van der Waals surface area contributed by atoms with E-state index in [0.29, 0.717) is 19.4 Å². The average Bonchev–Trinajstić information content (AvgIpc) is 3.43. The van der Waals surface area contributed by atoms with E-state index in [1.807, 2.05) is 6.08 Å². The van der Waals surface area contributed by atoms with Crippen molar-refractivity contribution in [3.63, 3.8) is 0 Å². The molecule has 0 saturated carbocycles. The summed E-state index contributed by atoms with van der Waals surface area (Å²) in [5.74, 6) is -0.0434. The molecule has 0 spiro atoms. The zero-order valence-electron chi connectivity index (χ0n) is 52.2. The molecule has 0 rings (SSSR count). The fraction of sp³-hybridized carbons (Fsp3) is 0.915. The minimum Gasteiger partial charge on any atom is -0.466 e. The molecular formula is C71H137NO5. The molecule has 456 valence electrons. The molecule has 0 aliphatic rings. The van der Waals surface area contributed by atoms with Crippen LogP contribution in [0.4, 0.5) is 0 Å². The van der Waals surface area contributed by atoms with Crippen molar-refractivity contribution >= 4 is 11.9 Å². The van der Waals surface area contributed by atoms with Crippen LogP contribution in [0.25, 0.3) is 0 Å². The Bertz CT molecular complexity index is 1200. The van der Waals surface area contributed by atoms with E-state index >= 15 is 0 Å². The first kappa shape index (κ1) is 75.3. The SMILES string of the molecule is CCCCCCCCCCCCCCCC/C=C/C(O)C(CO)NC(=O)CCCCCCCCCCCCCCCCCCC/C=C\CCCCCCCCCCCCCCOC(=O)CCCCCCCCCCCCC. The fourth-order valence-electron chi connectivity index (χ4n) is 11.1. The van der Waals surface area contributed by atoms with E-state index in [-0.39, 0.29) is 18.5 Å². The molecule has 0 radical (unpaired) electrons. The molecule has 0 saturated heterocycles. The number of esters is 1. The van der Waals surface area contributed by atoms with E-state index in [1.54, 1.807) is 6.08 Å². The Morgan fingerprint density at radius 1 is 0.351 bits per heavy atom. The summed E-state index contributed by atoms with van der Waals surface area (Å²) in [5, 5.41) is 23.2. The van der Waals surface area contributed by atoms with Crippen molar-refractivity contribution in [2.75, 3.05) is 13.2 Å². The van der Waals surface area contributed by atoms with Gasteiger partial charge in [0.2, 0.25) is 5.91 Å². The zero-order valence-corrected chi connectivity index (χ0v) is 52.2. The largest absolute Gasteiger partial charge is 0.466 e. The zero-order chi connectivity index (χ0) is 55.7. The lowest BCUT2D eigenvalue weighted by Crippen LogP contribution is -2.45. The molecule has 2 atom stereocenters. The van der Waals surface area contributed by atoms with E-state index in [4.69, 9.17) is 4.74 Å². The first-order valence-corrected chi connectivity index (χ1v) is 35.1. The molecule has 0 heterocycles. The van der Waals surface area contributed by atoms with Crippen LogP contribution in [0.5, 0.6) is 0 Å². The average molecular weight is 1080 g/mol. The molecule has 0 aromatic rings. The molecule has 0 bridgehead atoms. The van der Waals surface area contributed by atoms with Gasteiger partial charge in [0, 0.05) is 12.8 Å². The highest BCUT2D eigenvalue weighted by Crippen LogP contribution is 2.19. The third-order valence-corrected chi connectivity index (χ3v) is 16.5. The number of carbonyl (C=O) groups excluding carboxylic acids is 2. The van der Waals surface area contributed by atoms with Crippen LogP contribution in [0.1, 0.15) is 393 Å². The van der Waals surface area contributed by atoms with Crippen molar-refractivity contribution in [1.82, 2.24) is 5.32 Å². The molecule has 6 heteroatoms. The van der Waals surface area contributed by atoms with Crippen molar-refractivity contribution in [3.05, 3.63) is 24.3 Å². The Kier molecular flexibility index (Phi) is 65.4. The normalized spacial score (nSPS) is 12.6. The van der Waals surface area contributed by atoms with Gasteiger partial charge in [-0.1, -0.05) is 346 Å². The quantitative estimate of drug-likeness (QED) is 0.0320. The second-order valence-electron chi connectivity index (χ2n) is 24.2. The van der Waals surface area contributed by atoms with Crippen molar-refractivity contribution in [2.24, 2.45) is 0 Å². The summed E-state index contributed by atoms with van der Waals surface area (Å²) in [6.45, 7) is 4.93. The molecule has 0 fully saturated rings. The van der Waals surface area contributed by atoms with Crippen LogP contribution < -0.4 is 5.32 Å². The molecular weight excluding hydrogens is 947 g/mol. The smallest absolute Gasteiger partial charge is 0.305 e. The third-order valence-electron chi connectivity index (χ3n) is 16.5. The molecule has 2 unspecified atom stereocenters. The Morgan fingerprint density at radius 3 is 0.922 bits per heavy atom. The topological polar surface area (TPSA) is 95.9 Å². The lowest BCUT2D eigenvalue weighted by molar-refractivity contribution is -0.143. The molecule has 0 aromatic heterocycles. The highest BCUT2D eigenvalue weighted by Gasteiger charge is 2.18. The Labute approximate surface area is 481 Å². The maximum Gasteiger partial charge on any atom is 0.305 e. The number of rotatable bonds is 66. The number of carbonyl (C=O) groups is 2. The summed E-state index contributed by atoms with van der Waals surface area (Å²) in [7, 11) is 0. The van der Waals surface area contributed by atoms with Crippen LogP contribution in [0.15, 0.2) is 24.3 Å². The van der Waals surface area contributed by atoms with Crippen LogP contribution >= 0.6 is 0 Å². The number of ether oxygens (including phenoxy) is 1. The van der Waals surface area contributed by atoms with Gasteiger partial charge < -0.3 is 20.3 Å². The molecule has 0 aromatic carbocycles. The summed E-state index contributed by atoms with van der Waals surface area (Å²) < 4.78 is 5.47. The molecule has 0 aliphatic heterocycles. The van der Waals surface area contributed by atoms with Crippen LogP contribution in [0.2, 0.25) is 0 Å². The van der Waals surface area contributed by atoms with Gasteiger partial charge in [-0.2, -0.15) is 0 Å². The van der Waals surface area contributed by atoms with Crippen LogP contribution in [-0.4, -0.2) is 47.4 Å². The Hall–Kier alpha value is -1.66. The van der Waals surface area contributed by atoms with Gasteiger partial charge in [-0.05, 0) is 57.8 Å². The van der Waals surface area contributed by atoms with Gasteiger partial charge in [0.1, 0.15) is 0 Å². The summed E-state index contributed by atoms with van der Waals surface area (Å²) >= 11 is 0. The second-order valence-corrected chi connectivity index (χ2v) is 24.2. The second kappa shape index (κ2) is 66.8. The van der Waals surface area contributed by atoms with Crippen molar-refractivity contribution in [3.8, 4) is 0 Å². The van der Waals surface area contributed by atoms with E-state index in [9.17, 15) is 19.8 Å². The van der Waals surface area contributed by atoms with E-state index < -0.39 is 12.1 Å². The number of hydrogen-bond acceptors (Lipinski definition) is 5. The van der Waals surface area contributed by atoms with Gasteiger partial charge in [0.25, 0.3) is 0 Å². The molecule has 1 amide bonds. The summed E-state index contributed by atoms with van der Waals surface area (Å²) in [6.07, 6.45) is 84.1. The Balaban J connectivity index is 3.36. The number of aliphatic hydroxyl groups is 2. The van der Waals surface area contributed by atoms with Gasteiger partial charge in [-0.15, -0.1) is 0 Å². The molecule has 3 N–H and O–H groups in total. The predicted molar refractivity (Wildman–Crippen MR) is 338 cm³/mol. The number of hydrogen-bond donors (Lipinski definition) is 3. The Morgan fingerprint density at radius 2 is 0.610 bits per heavy atom. The third kappa shape index (κ3) is 63.4. The lowest BCUT2D eigenvalue weighted by Gasteiger charge is -2.20. The number of aliphatic hydroxyl groups excluding tert-OH is 2. The van der Waals surface area contributed by atoms with Crippen molar-refractivity contribution < 1.29 is 24.5 Å². The number of amides is 1.